The Labute approximate surface area is 135 Å². The number of piperidine rings is 1. The Bertz CT molecular complexity index is 635. The maximum Gasteiger partial charge on any atom is 0.187 e. The molecular weight excluding hydrogens is 299 g/mol. The number of thiazole rings is 1. The third-order valence-corrected chi connectivity index (χ3v) is 5.47. The van der Waals surface area contributed by atoms with Crippen molar-refractivity contribution in [1.82, 2.24) is 4.98 Å². The molecule has 2 fully saturated rings. The van der Waals surface area contributed by atoms with Gasteiger partial charge in [-0.05, 0) is 38.3 Å². The topological polar surface area (TPSA) is 25.4 Å². The minimum atomic E-state index is -0.170. The summed E-state index contributed by atoms with van der Waals surface area (Å²) in [6.07, 6.45) is 3.60. The number of ether oxygens (including phenoxy) is 1. The van der Waals surface area contributed by atoms with E-state index in [-0.39, 0.29) is 5.82 Å². The Kier molecular flexibility index (Phi) is 4.64. The van der Waals surface area contributed by atoms with Crippen molar-refractivity contribution in [2.24, 2.45) is 0 Å². The molecule has 2 saturated heterocycles. The number of aromatic nitrogens is 1. The van der Waals surface area contributed by atoms with Crippen LogP contribution >= 0.6 is 11.3 Å². The van der Waals surface area contributed by atoms with Crippen LogP contribution in [0.3, 0.4) is 0 Å². The van der Waals surface area contributed by atoms with Gasteiger partial charge in [0.25, 0.3) is 0 Å². The van der Waals surface area contributed by atoms with E-state index in [1.807, 2.05) is 19.9 Å². The molecule has 2 aliphatic heterocycles. The Hall–Kier alpha value is -1.20. The van der Waals surface area contributed by atoms with Crippen LogP contribution < -0.4 is 4.90 Å². The fraction of sp³-hybridized carbons (Fsp3) is 0.588. The number of nitrogens with zero attached hydrogens (tertiary/aromatic N) is 2. The molecule has 0 saturated carbocycles. The number of benzene rings is 1. The molecule has 4 rings (SSSR count). The van der Waals surface area contributed by atoms with Crippen LogP contribution in [0, 0.1) is 12.7 Å². The van der Waals surface area contributed by atoms with Crippen LogP contribution in [0.1, 0.15) is 38.7 Å². The van der Waals surface area contributed by atoms with Crippen LogP contribution in [0.25, 0.3) is 10.2 Å². The van der Waals surface area contributed by atoms with Gasteiger partial charge in [0.2, 0.25) is 0 Å². The molecule has 0 N–H and O–H groups in total. The van der Waals surface area contributed by atoms with Crippen molar-refractivity contribution in [2.75, 3.05) is 18.1 Å². The molecule has 0 radical (unpaired) electrons. The zero-order valence-corrected chi connectivity index (χ0v) is 14.3. The molecule has 2 aliphatic rings. The molecule has 3 heterocycles. The van der Waals surface area contributed by atoms with E-state index in [1.54, 1.807) is 24.3 Å². The molecule has 5 heteroatoms. The average Bonchev–Trinajstić information content (AvgIpc) is 2.97. The van der Waals surface area contributed by atoms with Crippen LogP contribution in [0.5, 0.6) is 0 Å². The zero-order valence-electron chi connectivity index (χ0n) is 13.4. The molecule has 1 aromatic heterocycles. The SMILES string of the molecule is CC.Cc1c(F)ccc2sc(N3C4CCCC3COC4)nc12. The summed E-state index contributed by atoms with van der Waals surface area (Å²) < 4.78 is 20.4. The lowest BCUT2D eigenvalue weighted by atomic mass is 9.95. The summed E-state index contributed by atoms with van der Waals surface area (Å²) in [5.41, 5.74) is 1.47. The number of fused-ring (bicyclic) bond motifs is 3. The van der Waals surface area contributed by atoms with Gasteiger partial charge in [-0.3, -0.25) is 0 Å². The quantitative estimate of drug-likeness (QED) is 0.771. The molecule has 120 valence electrons. The van der Waals surface area contributed by atoms with Crippen molar-refractivity contribution in [1.29, 1.82) is 0 Å². The van der Waals surface area contributed by atoms with Crippen molar-refractivity contribution < 1.29 is 9.13 Å². The first kappa shape index (κ1) is 15.7. The molecule has 2 aromatic rings. The summed E-state index contributed by atoms with van der Waals surface area (Å²) in [5.74, 6) is -0.170. The smallest absolute Gasteiger partial charge is 0.187 e. The fourth-order valence-electron chi connectivity index (χ4n) is 3.34. The van der Waals surface area contributed by atoms with Gasteiger partial charge in [0.1, 0.15) is 5.82 Å². The Morgan fingerprint density at radius 2 is 1.91 bits per heavy atom. The molecule has 22 heavy (non-hydrogen) atoms. The summed E-state index contributed by atoms with van der Waals surface area (Å²) in [6.45, 7) is 7.39. The van der Waals surface area contributed by atoms with E-state index in [2.05, 4.69) is 4.90 Å². The van der Waals surface area contributed by atoms with E-state index in [9.17, 15) is 4.39 Å². The number of morpholine rings is 1. The maximum atomic E-state index is 13.7. The zero-order chi connectivity index (χ0) is 15.7. The molecule has 2 atom stereocenters. The van der Waals surface area contributed by atoms with E-state index in [1.165, 1.54) is 19.3 Å². The first-order valence-corrected chi connectivity index (χ1v) is 8.97. The predicted molar refractivity (Wildman–Crippen MR) is 90.4 cm³/mol. The molecule has 2 unspecified atom stereocenters. The van der Waals surface area contributed by atoms with Crippen molar-refractivity contribution in [2.45, 2.75) is 52.1 Å². The molecule has 1 aromatic carbocycles. The molecular formula is C17H23FN2OS. The number of aryl methyl sites for hydroxylation is 1. The van der Waals surface area contributed by atoms with Gasteiger partial charge in [-0.25, -0.2) is 9.37 Å². The van der Waals surface area contributed by atoms with Gasteiger partial charge < -0.3 is 9.64 Å². The minimum absolute atomic E-state index is 0.170. The molecule has 3 nitrogen and oxygen atoms in total. The van der Waals surface area contributed by atoms with E-state index < -0.39 is 0 Å². The summed E-state index contributed by atoms with van der Waals surface area (Å²) in [5, 5.41) is 1.03. The van der Waals surface area contributed by atoms with Gasteiger partial charge in [-0.15, -0.1) is 0 Å². The monoisotopic (exact) mass is 322 g/mol. The van der Waals surface area contributed by atoms with Gasteiger partial charge in [-0.2, -0.15) is 0 Å². The number of rotatable bonds is 1. The van der Waals surface area contributed by atoms with Crippen molar-refractivity contribution >= 4 is 26.7 Å². The third kappa shape index (κ3) is 2.61. The highest BCUT2D eigenvalue weighted by atomic mass is 32.1. The second-order valence-electron chi connectivity index (χ2n) is 5.70. The van der Waals surface area contributed by atoms with Crippen LogP contribution in [-0.2, 0) is 4.74 Å². The second kappa shape index (κ2) is 6.50. The number of hydrogen-bond donors (Lipinski definition) is 0. The number of halogens is 1. The van der Waals surface area contributed by atoms with Crippen molar-refractivity contribution in [3.63, 3.8) is 0 Å². The highest BCUT2D eigenvalue weighted by Crippen LogP contribution is 2.38. The summed E-state index contributed by atoms with van der Waals surface area (Å²) >= 11 is 1.68. The van der Waals surface area contributed by atoms with Crippen LogP contribution in [0.2, 0.25) is 0 Å². The van der Waals surface area contributed by atoms with Gasteiger partial charge in [-0.1, -0.05) is 25.2 Å². The number of hydrogen-bond acceptors (Lipinski definition) is 4. The molecule has 0 aliphatic carbocycles. The molecule has 2 bridgehead atoms. The van der Waals surface area contributed by atoms with E-state index in [0.717, 1.165) is 28.6 Å². The third-order valence-electron chi connectivity index (χ3n) is 4.44. The lowest BCUT2D eigenvalue weighted by molar-refractivity contribution is 0.0463. The van der Waals surface area contributed by atoms with Gasteiger partial charge >= 0.3 is 0 Å². The minimum Gasteiger partial charge on any atom is -0.377 e. The molecule has 0 amide bonds. The second-order valence-corrected chi connectivity index (χ2v) is 6.71. The summed E-state index contributed by atoms with van der Waals surface area (Å²) in [6, 6.07) is 4.26. The van der Waals surface area contributed by atoms with Crippen molar-refractivity contribution in [3.8, 4) is 0 Å². The average molecular weight is 322 g/mol. The highest BCUT2D eigenvalue weighted by molar-refractivity contribution is 7.22. The highest BCUT2D eigenvalue weighted by Gasteiger charge is 2.36. The van der Waals surface area contributed by atoms with Gasteiger partial charge in [0, 0.05) is 5.56 Å². The normalized spacial score (nSPS) is 24.1. The standard InChI is InChI=1S/C15H17FN2OS.C2H6/c1-9-12(16)5-6-13-14(9)17-15(20-13)18-10-3-2-4-11(18)8-19-7-10;1-2/h5-6,10-11H,2-4,7-8H2,1H3;1-2H3. The lowest BCUT2D eigenvalue weighted by Gasteiger charge is -2.45. The lowest BCUT2D eigenvalue weighted by Crippen LogP contribution is -2.55. The van der Waals surface area contributed by atoms with Crippen molar-refractivity contribution in [3.05, 3.63) is 23.5 Å². The van der Waals surface area contributed by atoms with Gasteiger partial charge in [0.05, 0.1) is 35.5 Å². The van der Waals surface area contributed by atoms with E-state index in [4.69, 9.17) is 9.72 Å². The first-order valence-electron chi connectivity index (χ1n) is 8.16. The van der Waals surface area contributed by atoms with Gasteiger partial charge in [0.15, 0.2) is 5.13 Å². The van der Waals surface area contributed by atoms with E-state index in [0.29, 0.717) is 17.6 Å². The van der Waals surface area contributed by atoms with Crippen LogP contribution in [-0.4, -0.2) is 30.3 Å². The number of anilines is 1. The predicted octanol–water partition coefficient (Wildman–Crippen LogP) is 4.53. The summed E-state index contributed by atoms with van der Waals surface area (Å²) in [4.78, 5) is 7.15. The van der Waals surface area contributed by atoms with Crippen LogP contribution in [0.4, 0.5) is 9.52 Å². The summed E-state index contributed by atoms with van der Waals surface area (Å²) in [7, 11) is 0. The van der Waals surface area contributed by atoms with Crippen LogP contribution in [0.15, 0.2) is 12.1 Å². The Balaban J connectivity index is 0.000000693. The molecule has 0 spiro atoms. The van der Waals surface area contributed by atoms with E-state index >= 15 is 0 Å². The Morgan fingerprint density at radius 1 is 1.23 bits per heavy atom. The largest absolute Gasteiger partial charge is 0.377 e. The maximum absolute atomic E-state index is 13.7. The first-order chi connectivity index (χ1) is 10.7. The Morgan fingerprint density at radius 3 is 2.59 bits per heavy atom. The fourth-order valence-corrected chi connectivity index (χ4v) is 4.51.